The van der Waals surface area contributed by atoms with Crippen molar-refractivity contribution >= 4 is 39.7 Å². The summed E-state index contributed by atoms with van der Waals surface area (Å²) in [6, 6.07) is 1.77. The van der Waals surface area contributed by atoms with Crippen LogP contribution in [0.2, 0.25) is 0 Å². The maximum Gasteiger partial charge on any atom is 0.303 e. The molecule has 0 spiro atoms. The first-order chi connectivity index (χ1) is 9.40. The van der Waals surface area contributed by atoms with E-state index in [1.807, 2.05) is 6.92 Å². The smallest absolute Gasteiger partial charge is 0.303 e. The molecule has 1 aromatic heterocycles. The number of pyridine rings is 1. The predicted octanol–water partition coefficient (Wildman–Crippen LogP) is 2.65. The van der Waals surface area contributed by atoms with E-state index < -0.39 is 5.97 Å². The molecule has 1 heterocycles. The lowest BCUT2D eigenvalue weighted by Gasteiger charge is -2.09. The molecule has 0 unspecified atom stereocenters. The molecule has 7 heteroatoms. The molecule has 5 nitrogen and oxygen atoms in total. The van der Waals surface area contributed by atoms with Crippen molar-refractivity contribution < 1.29 is 19.5 Å². The molecule has 0 atom stereocenters. The van der Waals surface area contributed by atoms with Gasteiger partial charge in [-0.3, -0.25) is 19.4 Å². The summed E-state index contributed by atoms with van der Waals surface area (Å²) in [5, 5.41) is 8.31. The Hall–Kier alpha value is -1.34. The van der Waals surface area contributed by atoms with Crippen LogP contribution in [-0.2, 0) is 20.1 Å². The Kier molecular flexibility index (Phi) is 6.74. The number of carbonyl (C=O) groups is 3. The minimum Gasteiger partial charge on any atom is -0.481 e. The van der Waals surface area contributed by atoms with E-state index in [0.29, 0.717) is 5.75 Å². The van der Waals surface area contributed by atoms with Crippen LogP contribution < -0.4 is 0 Å². The second kappa shape index (κ2) is 8.06. The van der Waals surface area contributed by atoms with Crippen molar-refractivity contribution in [3.05, 3.63) is 23.5 Å². The number of rotatable bonds is 6. The maximum absolute atomic E-state index is 11.5. The third-order valence-corrected chi connectivity index (χ3v) is 4.37. The third-order valence-electron chi connectivity index (χ3n) is 2.34. The van der Waals surface area contributed by atoms with Gasteiger partial charge in [0.1, 0.15) is 0 Å². The fourth-order valence-corrected chi connectivity index (χ4v) is 3.10. The lowest BCUT2D eigenvalue weighted by Crippen LogP contribution is -2.01. The average Bonchev–Trinajstić information content (AvgIpc) is 2.36. The summed E-state index contributed by atoms with van der Waals surface area (Å²) in [4.78, 5) is 38.1. The van der Waals surface area contributed by atoms with Crippen molar-refractivity contribution in [3.63, 3.8) is 0 Å². The van der Waals surface area contributed by atoms with Gasteiger partial charge in [-0.1, -0.05) is 23.5 Å². The minimum absolute atomic E-state index is 0.0131. The van der Waals surface area contributed by atoms with Crippen molar-refractivity contribution in [1.82, 2.24) is 4.98 Å². The molecule has 1 N–H and O–H groups in total. The van der Waals surface area contributed by atoms with Gasteiger partial charge in [0, 0.05) is 30.2 Å². The van der Waals surface area contributed by atoms with Gasteiger partial charge < -0.3 is 5.11 Å². The number of thioether (sulfide) groups is 2. The third kappa shape index (κ3) is 5.75. The Morgan fingerprint density at radius 2 is 2.00 bits per heavy atom. The summed E-state index contributed by atoms with van der Waals surface area (Å²) in [6.07, 6.45) is 1.49. The van der Waals surface area contributed by atoms with Gasteiger partial charge in [-0.25, -0.2) is 0 Å². The number of carbonyl (C=O) groups excluding carboxylic acids is 2. The number of hydrogen-bond donors (Lipinski definition) is 1. The predicted molar refractivity (Wildman–Crippen MR) is 78.7 cm³/mol. The van der Waals surface area contributed by atoms with Crippen LogP contribution in [0.5, 0.6) is 0 Å². The van der Waals surface area contributed by atoms with E-state index in [1.165, 1.54) is 6.92 Å². The summed E-state index contributed by atoms with van der Waals surface area (Å²) in [6.45, 7) is 3.29. The number of aryl methyl sites for hydroxylation is 1. The van der Waals surface area contributed by atoms with Gasteiger partial charge in [0.15, 0.2) is 10.2 Å². The molecular formula is C13H15NO4S2. The summed E-state index contributed by atoms with van der Waals surface area (Å²) in [5.41, 5.74) is 1.62. The molecule has 0 fully saturated rings. The highest BCUT2D eigenvalue weighted by molar-refractivity contribution is 8.14. The summed E-state index contributed by atoms with van der Waals surface area (Å²) >= 11 is 2.17. The zero-order valence-electron chi connectivity index (χ0n) is 11.2. The Morgan fingerprint density at radius 1 is 1.30 bits per heavy atom. The Bertz CT molecular complexity index is 531. The highest BCUT2D eigenvalue weighted by atomic mass is 32.2. The normalized spacial score (nSPS) is 10.3. The largest absolute Gasteiger partial charge is 0.481 e. The highest BCUT2D eigenvalue weighted by Gasteiger charge is 2.12. The Morgan fingerprint density at radius 3 is 2.60 bits per heavy atom. The number of hydrogen-bond acceptors (Lipinski definition) is 6. The monoisotopic (exact) mass is 313 g/mol. The molecule has 0 saturated carbocycles. The average molecular weight is 313 g/mol. The molecule has 0 aliphatic rings. The molecule has 0 aliphatic carbocycles. The Labute approximate surface area is 125 Å². The van der Waals surface area contributed by atoms with E-state index in [0.717, 1.165) is 39.7 Å². The molecule has 108 valence electrons. The second-order valence-corrected chi connectivity index (χ2v) is 6.25. The van der Waals surface area contributed by atoms with Crippen molar-refractivity contribution in [2.75, 3.05) is 0 Å². The zero-order chi connectivity index (χ0) is 15.1. The van der Waals surface area contributed by atoms with Crippen LogP contribution in [0.15, 0.2) is 17.2 Å². The standard InChI is InChI=1S/C13H15NO4S2/c1-8-13(20-9(2)15)10(5-6-14-8)7-19-12(18)4-3-11(16)17/h5-6H,3-4,7H2,1-2H3,(H,16,17). The van der Waals surface area contributed by atoms with Crippen LogP contribution in [0.25, 0.3) is 0 Å². The first-order valence-corrected chi connectivity index (χ1v) is 7.70. The molecule has 1 rings (SSSR count). The highest BCUT2D eigenvalue weighted by Crippen LogP contribution is 2.29. The molecular weight excluding hydrogens is 298 g/mol. The van der Waals surface area contributed by atoms with Crippen molar-refractivity contribution in [3.8, 4) is 0 Å². The number of carboxylic acids is 1. The van der Waals surface area contributed by atoms with E-state index >= 15 is 0 Å². The van der Waals surface area contributed by atoms with Crippen LogP contribution in [0.4, 0.5) is 0 Å². The summed E-state index contributed by atoms with van der Waals surface area (Å²) in [5.74, 6) is -0.566. The molecule has 1 aromatic rings. The van der Waals surface area contributed by atoms with E-state index in [9.17, 15) is 14.4 Å². The second-order valence-electron chi connectivity index (χ2n) is 4.03. The Balaban J connectivity index is 2.67. The minimum atomic E-state index is -0.980. The number of carboxylic acid groups (broad SMARTS) is 1. The van der Waals surface area contributed by atoms with E-state index in [-0.39, 0.29) is 23.1 Å². The first kappa shape index (κ1) is 16.7. The van der Waals surface area contributed by atoms with Gasteiger partial charge >= 0.3 is 5.97 Å². The number of aromatic nitrogens is 1. The topological polar surface area (TPSA) is 84.3 Å². The lowest BCUT2D eigenvalue weighted by molar-refractivity contribution is -0.138. The lowest BCUT2D eigenvalue weighted by atomic mass is 10.2. The molecule has 0 aliphatic heterocycles. The van der Waals surface area contributed by atoms with Gasteiger partial charge in [0.05, 0.1) is 12.1 Å². The molecule has 0 saturated heterocycles. The van der Waals surface area contributed by atoms with Crippen LogP contribution in [-0.4, -0.2) is 26.3 Å². The zero-order valence-corrected chi connectivity index (χ0v) is 12.8. The molecule has 0 amide bonds. The van der Waals surface area contributed by atoms with Gasteiger partial charge in [0.2, 0.25) is 0 Å². The van der Waals surface area contributed by atoms with Crippen molar-refractivity contribution in [2.45, 2.75) is 37.3 Å². The van der Waals surface area contributed by atoms with E-state index in [1.54, 1.807) is 12.3 Å². The molecule has 0 bridgehead atoms. The van der Waals surface area contributed by atoms with Crippen LogP contribution in [0.3, 0.4) is 0 Å². The van der Waals surface area contributed by atoms with Gasteiger partial charge in [0.25, 0.3) is 0 Å². The number of nitrogens with zero attached hydrogens (tertiary/aromatic N) is 1. The molecule has 20 heavy (non-hydrogen) atoms. The van der Waals surface area contributed by atoms with E-state index in [2.05, 4.69) is 4.98 Å². The fourth-order valence-electron chi connectivity index (χ4n) is 1.44. The van der Waals surface area contributed by atoms with E-state index in [4.69, 9.17) is 5.11 Å². The van der Waals surface area contributed by atoms with Crippen molar-refractivity contribution in [1.29, 1.82) is 0 Å². The quantitative estimate of drug-likeness (QED) is 0.808. The van der Waals surface area contributed by atoms with Crippen LogP contribution in [0.1, 0.15) is 31.0 Å². The maximum atomic E-state index is 11.5. The van der Waals surface area contributed by atoms with Crippen molar-refractivity contribution in [2.24, 2.45) is 0 Å². The van der Waals surface area contributed by atoms with Gasteiger partial charge in [-0.2, -0.15) is 0 Å². The fraction of sp³-hybridized carbons (Fsp3) is 0.385. The SMILES string of the molecule is CC(=O)Sc1c(CSC(=O)CCC(=O)O)ccnc1C. The van der Waals surface area contributed by atoms with Gasteiger partial charge in [-0.15, -0.1) is 0 Å². The van der Waals surface area contributed by atoms with Crippen LogP contribution in [0, 0.1) is 6.92 Å². The molecule has 0 radical (unpaired) electrons. The summed E-state index contributed by atoms with van der Waals surface area (Å²) < 4.78 is 0. The number of aliphatic carboxylic acids is 1. The molecule has 0 aromatic carbocycles. The van der Waals surface area contributed by atoms with Crippen LogP contribution >= 0.6 is 23.5 Å². The summed E-state index contributed by atoms with van der Waals surface area (Å²) in [7, 11) is 0. The van der Waals surface area contributed by atoms with Gasteiger partial charge in [-0.05, 0) is 18.6 Å². The first-order valence-electron chi connectivity index (χ1n) is 5.90.